The van der Waals surface area contributed by atoms with Gasteiger partial charge in [0.25, 0.3) is 0 Å². The largest absolute Gasteiger partial charge is 0.504 e. The van der Waals surface area contributed by atoms with Crippen LogP contribution >= 0.6 is 0 Å². The number of hydrogen-bond donors (Lipinski definition) is 2. The molecule has 1 rings (SSSR count). The average Bonchev–Trinajstić information content (AvgIpc) is 2.08. The van der Waals surface area contributed by atoms with Crippen LogP contribution in [0.15, 0.2) is 24.4 Å². The van der Waals surface area contributed by atoms with Gasteiger partial charge < -0.3 is 10.2 Å². The third kappa shape index (κ3) is 1.55. The first-order valence-electron chi connectivity index (χ1n) is 3.30. The SMILES string of the molecule is [C-]#[N+]/C=C/c1cccc(O)c1O. The van der Waals surface area contributed by atoms with Gasteiger partial charge in [-0.3, -0.25) is 0 Å². The number of nitrogens with zero attached hydrogens (tertiary/aromatic N) is 1. The molecule has 1 aromatic rings. The highest BCUT2D eigenvalue weighted by Gasteiger charge is 2.00. The van der Waals surface area contributed by atoms with Crippen molar-refractivity contribution in [2.45, 2.75) is 0 Å². The third-order valence-electron chi connectivity index (χ3n) is 1.37. The van der Waals surface area contributed by atoms with Gasteiger partial charge in [-0.25, -0.2) is 4.85 Å². The molecule has 0 heterocycles. The highest BCUT2D eigenvalue weighted by molar-refractivity contribution is 5.61. The molecule has 1 aromatic carbocycles. The fourth-order valence-electron chi connectivity index (χ4n) is 0.801. The Bertz CT molecular complexity index is 350. The van der Waals surface area contributed by atoms with Gasteiger partial charge in [-0.05, 0) is 6.07 Å². The maximum atomic E-state index is 9.22. The van der Waals surface area contributed by atoms with Crippen molar-refractivity contribution in [2.24, 2.45) is 0 Å². The van der Waals surface area contributed by atoms with Crippen LogP contribution in [0.2, 0.25) is 0 Å². The van der Waals surface area contributed by atoms with E-state index < -0.39 is 0 Å². The van der Waals surface area contributed by atoms with Crippen LogP contribution in [0.25, 0.3) is 10.9 Å². The Hall–Kier alpha value is -1.95. The maximum absolute atomic E-state index is 9.22. The molecule has 60 valence electrons. The van der Waals surface area contributed by atoms with Crippen LogP contribution in [-0.4, -0.2) is 10.2 Å². The zero-order valence-electron chi connectivity index (χ0n) is 6.23. The Balaban J connectivity index is 3.10. The van der Waals surface area contributed by atoms with Crippen molar-refractivity contribution in [1.82, 2.24) is 0 Å². The maximum Gasteiger partial charge on any atom is 0.163 e. The second-order valence-corrected chi connectivity index (χ2v) is 2.16. The van der Waals surface area contributed by atoms with E-state index in [9.17, 15) is 5.11 Å². The summed E-state index contributed by atoms with van der Waals surface area (Å²) in [4.78, 5) is 2.98. The Morgan fingerprint density at radius 1 is 1.33 bits per heavy atom. The van der Waals surface area contributed by atoms with E-state index in [1.54, 1.807) is 12.1 Å². The average molecular weight is 161 g/mol. The number of para-hydroxylation sites is 1. The Morgan fingerprint density at radius 2 is 2.08 bits per heavy atom. The Kier molecular flexibility index (Phi) is 2.34. The molecule has 12 heavy (non-hydrogen) atoms. The van der Waals surface area contributed by atoms with E-state index in [0.717, 1.165) is 0 Å². The van der Waals surface area contributed by atoms with E-state index in [2.05, 4.69) is 4.85 Å². The molecule has 2 N–H and O–H groups in total. The molecule has 0 atom stereocenters. The monoisotopic (exact) mass is 161 g/mol. The first-order chi connectivity index (χ1) is 5.75. The molecule has 0 unspecified atom stereocenters. The number of hydrogen-bond acceptors (Lipinski definition) is 2. The van der Waals surface area contributed by atoms with Gasteiger partial charge in [-0.1, -0.05) is 18.2 Å². The van der Waals surface area contributed by atoms with E-state index >= 15 is 0 Å². The lowest BCUT2D eigenvalue weighted by Gasteiger charge is -1.99. The van der Waals surface area contributed by atoms with Crippen LogP contribution in [-0.2, 0) is 0 Å². The van der Waals surface area contributed by atoms with E-state index in [-0.39, 0.29) is 11.5 Å². The van der Waals surface area contributed by atoms with Crippen molar-refractivity contribution in [2.75, 3.05) is 0 Å². The fourth-order valence-corrected chi connectivity index (χ4v) is 0.801. The smallest absolute Gasteiger partial charge is 0.163 e. The quantitative estimate of drug-likeness (QED) is 0.488. The number of benzene rings is 1. The molecule has 3 nitrogen and oxygen atoms in total. The summed E-state index contributed by atoms with van der Waals surface area (Å²) in [6, 6.07) is 4.58. The number of phenols is 2. The van der Waals surface area contributed by atoms with Crippen molar-refractivity contribution in [3.8, 4) is 11.5 Å². The van der Waals surface area contributed by atoms with E-state index in [1.165, 1.54) is 18.3 Å². The van der Waals surface area contributed by atoms with Crippen LogP contribution in [0.3, 0.4) is 0 Å². The lowest BCUT2D eigenvalue weighted by atomic mass is 10.2. The van der Waals surface area contributed by atoms with Crippen LogP contribution in [0, 0.1) is 6.57 Å². The van der Waals surface area contributed by atoms with Gasteiger partial charge in [0.2, 0.25) is 0 Å². The Labute approximate surface area is 70.0 Å². The van der Waals surface area contributed by atoms with E-state index in [1.807, 2.05) is 0 Å². The van der Waals surface area contributed by atoms with Crippen molar-refractivity contribution < 1.29 is 10.2 Å². The molecular weight excluding hydrogens is 154 g/mol. The highest BCUT2D eigenvalue weighted by Crippen LogP contribution is 2.28. The first-order valence-corrected chi connectivity index (χ1v) is 3.30. The normalized spacial score (nSPS) is 9.92. The van der Waals surface area contributed by atoms with Gasteiger partial charge in [0, 0.05) is 5.56 Å². The van der Waals surface area contributed by atoms with Crippen molar-refractivity contribution >= 4 is 6.08 Å². The minimum atomic E-state index is -0.197. The molecule has 0 radical (unpaired) electrons. The molecule has 0 spiro atoms. The predicted molar refractivity (Wildman–Crippen MR) is 45.4 cm³/mol. The minimum Gasteiger partial charge on any atom is -0.504 e. The zero-order valence-corrected chi connectivity index (χ0v) is 6.23. The van der Waals surface area contributed by atoms with Crippen molar-refractivity contribution in [3.63, 3.8) is 0 Å². The molecule has 0 fully saturated rings. The molecule has 0 aliphatic heterocycles. The van der Waals surface area contributed by atoms with Gasteiger partial charge in [-0.2, -0.15) is 0 Å². The topological polar surface area (TPSA) is 44.8 Å². The summed E-state index contributed by atoms with van der Waals surface area (Å²) in [5, 5.41) is 18.3. The van der Waals surface area contributed by atoms with Gasteiger partial charge in [0.05, 0.1) is 6.57 Å². The second kappa shape index (κ2) is 3.44. The fraction of sp³-hybridized carbons (Fsp3) is 0. The standard InChI is InChI=1S/C9H7NO2/c1-10-6-5-7-3-2-4-8(11)9(7)12/h2-6,11-12H/b6-5+. The molecule has 0 amide bonds. The summed E-state index contributed by atoms with van der Waals surface area (Å²) in [5.41, 5.74) is 0.436. The predicted octanol–water partition coefficient (Wildman–Crippen LogP) is 1.99. The molecule has 0 aliphatic rings. The Morgan fingerprint density at radius 3 is 2.75 bits per heavy atom. The van der Waals surface area contributed by atoms with Gasteiger partial charge >= 0.3 is 0 Å². The molecule has 0 bridgehead atoms. The van der Waals surface area contributed by atoms with E-state index in [0.29, 0.717) is 5.56 Å². The van der Waals surface area contributed by atoms with Crippen molar-refractivity contribution in [1.29, 1.82) is 0 Å². The summed E-state index contributed by atoms with van der Waals surface area (Å²) < 4.78 is 0. The minimum absolute atomic E-state index is 0.179. The van der Waals surface area contributed by atoms with E-state index in [4.69, 9.17) is 11.7 Å². The summed E-state index contributed by atoms with van der Waals surface area (Å²) in [6.45, 7) is 6.47. The second-order valence-electron chi connectivity index (χ2n) is 2.16. The van der Waals surface area contributed by atoms with Crippen LogP contribution < -0.4 is 0 Å². The van der Waals surface area contributed by atoms with Crippen molar-refractivity contribution in [3.05, 3.63) is 41.4 Å². The molecule has 0 aromatic heterocycles. The molecular formula is C9H7NO2. The van der Waals surface area contributed by atoms with Gasteiger partial charge in [-0.15, -0.1) is 0 Å². The lowest BCUT2D eigenvalue weighted by Crippen LogP contribution is -1.74. The summed E-state index contributed by atoms with van der Waals surface area (Å²) in [5.74, 6) is -0.375. The zero-order chi connectivity index (χ0) is 8.97. The summed E-state index contributed by atoms with van der Waals surface area (Å²) >= 11 is 0. The summed E-state index contributed by atoms with van der Waals surface area (Å²) in [6.07, 6.45) is 2.65. The number of phenolic OH excluding ortho intramolecular Hbond substituents is 2. The van der Waals surface area contributed by atoms with Gasteiger partial charge in [0.1, 0.15) is 0 Å². The number of aromatic hydroxyl groups is 2. The molecule has 3 heteroatoms. The molecule has 0 saturated heterocycles. The first kappa shape index (κ1) is 8.15. The van der Waals surface area contributed by atoms with Gasteiger partial charge in [0.15, 0.2) is 17.7 Å². The molecule has 0 aliphatic carbocycles. The third-order valence-corrected chi connectivity index (χ3v) is 1.37. The highest BCUT2D eigenvalue weighted by atomic mass is 16.3. The summed E-state index contributed by atoms with van der Waals surface area (Å²) in [7, 11) is 0. The van der Waals surface area contributed by atoms with Crippen LogP contribution in [0.1, 0.15) is 5.56 Å². The number of rotatable bonds is 1. The van der Waals surface area contributed by atoms with Crippen LogP contribution in [0.4, 0.5) is 0 Å². The lowest BCUT2D eigenvalue weighted by molar-refractivity contribution is 0.403. The van der Waals surface area contributed by atoms with Crippen LogP contribution in [0.5, 0.6) is 11.5 Å². The molecule has 0 saturated carbocycles.